The minimum Gasteiger partial charge on any atom is -0.493 e. The largest absolute Gasteiger partial charge is 0.493 e. The number of amides is 1. The van der Waals surface area contributed by atoms with E-state index in [1.54, 1.807) is 6.07 Å². The van der Waals surface area contributed by atoms with Gasteiger partial charge in [-0.05, 0) is 37.3 Å². The van der Waals surface area contributed by atoms with E-state index in [0.717, 1.165) is 6.07 Å². The molecule has 2 rings (SSSR count). The molecule has 0 saturated carbocycles. The number of hydrazine groups is 1. The van der Waals surface area contributed by atoms with Gasteiger partial charge >= 0.3 is 6.18 Å². The molecule has 0 atom stereocenters. The van der Waals surface area contributed by atoms with Gasteiger partial charge in [-0.15, -0.1) is 0 Å². The third-order valence-electron chi connectivity index (χ3n) is 3.27. The van der Waals surface area contributed by atoms with E-state index in [2.05, 4.69) is 10.9 Å². The SMILES string of the molecule is CCOc1ccc(C(=O)NNc2ccccc2C(F)(F)F)cc1OC. The lowest BCUT2D eigenvalue weighted by atomic mass is 10.1. The fraction of sp³-hybridized carbons (Fsp3) is 0.235. The Labute approximate surface area is 142 Å². The summed E-state index contributed by atoms with van der Waals surface area (Å²) in [7, 11) is 1.43. The van der Waals surface area contributed by atoms with Gasteiger partial charge in [-0.2, -0.15) is 13.2 Å². The summed E-state index contributed by atoms with van der Waals surface area (Å²) in [6, 6.07) is 9.34. The molecule has 2 aromatic carbocycles. The lowest BCUT2D eigenvalue weighted by Crippen LogP contribution is -2.30. The monoisotopic (exact) mass is 354 g/mol. The molecule has 1 amide bonds. The van der Waals surface area contributed by atoms with Crippen molar-refractivity contribution in [2.24, 2.45) is 0 Å². The fourth-order valence-corrected chi connectivity index (χ4v) is 2.12. The second kappa shape index (κ2) is 7.78. The highest BCUT2D eigenvalue weighted by Crippen LogP contribution is 2.34. The van der Waals surface area contributed by atoms with Crippen LogP contribution < -0.4 is 20.3 Å². The van der Waals surface area contributed by atoms with Gasteiger partial charge in [0.05, 0.1) is 25.0 Å². The first-order valence-corrected chi connectivity index (χ1v) is 7.40. The number of hydrogen-bond acceptors (Lipinski definition) is 4. The molecule has 5 nitrogen and oxygen atoms in total. The van der Waals surface area contributed by atoms with Crippen LogP contribution in [0.1, 0.15) is 22.8 Å². The van der Waals surface area contributed by atoms with E-state index in [0.29, 0.717) is 18.1 Å². The predicted molar refractivity (Wildman–Crippen MR) is 86.7 cm³/mol. The third kappa shape index (κ3) is 4.56. The van der Waals surface area contributed by atoms with Crippen LogP contribution in [-0.2, 0) is 6.18 Å². The third-order valence-corrected chi connectivity index (χ3v) is 3.27. The van der Waals surface area contributed by atoms with Crippen LogP contribution in [0.25, 0.3) is 0 Å². The van der Waals surface area contributed by atoms with Crippen molar-refractivity contribution in [3.63, 3.8) is 0 Å². The van der Waals surface area contributed by atoms with Gasteiger partial charge in [-0.1, -0.05) is 12.1 Å². The average Bonchev–Trinajstić information content (AvgIpc) is 2.59. The topological polar surface area (TPSA) is 59.6 Å². The maximum atomic E-state index is 12.9. The Morgan fingerprint density at radius 3 is 2.48 bits per heavy atom. The molecule has 0 heterocycles. The van der Waals surface area contributed by atoms with Crippen molar-refractivity contribution in [3.05, 3.63) is 53.6 Å². The molecule has 0 aliphatic carbocycles. The zero-order valence-electron chi connectivity index (χ0n) is 13.6. The highest BCUT2D eigenvalue weighted by Gasteiger charge is 2.33. The molecule has 2 N–H and O–H groups in total. The zero-order valence-corrected chi connectivity index (χ0v) is 13.6. The summed E-state index contributed by atoms with van der Waals surface area (Å²) in [5.74, 6) is 0.209. The van der Waals surface area contributed by atoms with Crippen LogP contribution in [0.5, 0.6) is 11.5 Å². The Kier molecular flexibility index (Phi) is 5.74. The Bertz CT molecular complexity index is 748. The van der Waals surface area contributed by atoms with E-state index in [1.165, 1.54) is 37.4 Å². The van der Waals surface area contributed by atoms with Crippen molar-refractivity contribution in [2.75, 3.05) is 19.1 Å². The normalized spacial score (nSPS) is 10.9. The minimum absolute atomic E-state index is 0.206. The number of hydrogen-bond donors (Lipinski definition) is 2. The first kappa shape index (κ1) is 18.4. The van der Waals surface area contributed by atoms with Gasteiger partial charge in [-0.3, -0.25) is 15.6 Å². The number of carbonyl (C=O) groups is 1. The van der Waals surface area contributed by atoms with Gasteiger partial charge in [0.2, 0.25) is 0 Å². The van der Waals surface area contributed by atoms with Crippen LogP contribution in [0.2, 0.25) is 0 Å². The second-order valence-electron chi connectivity index (χ2n) is 4.92. The van der Waals surface area contributed by atoms with E-state index in [-0.39, 0.29) is 11.3 Å². The summed E-state index contributed by atoms with van der Waals surface area (Å²) in [4.78, 5) is 12.2. The molecule has 0 aliphatic rings. The summed E-state index contributed by atoms with van der Waals surface area (Å²) < 4.78 is 49.3. The van der Waals surface area contributed by atoms with Crippen LogP contribution in [0.15, 0.2) is 42.5 Å². The molecule has 0 aromatic heterocycles. The molecule has 2 aromatic rings. The number of carbonyl (C=O) groups excluding carboxylic acids is 1. The lowest BCUT2D eigenvalue weighted by molar-refractivity contribution is -0.137. The van der Waals surface area contributed by atoms with E-state index in [4.69, 9.17) is 9.47 Å². The van der Waals surface area contributed by atoms with Crippen molar-refractivity contribution >= 4 is 11.6 Å². The fourth-order valence-electron chi connectivity index (χ4n) is 2.12. The van der Waals surface area contributed by atoms with Crippen LogP contribution in [0.3, 0.4) is 0 Å². The number of methoxy groups -OCH3 is 1. The molecule has 0 saturated heterocycles. The van der Waals surface area contributed by atoms with Crippen molar-refractivity contribution in [3.8, 4) is 11.5 Å². The summed E-state index contributed by atoms with van der Waals surface area (Å²) in [6.07, 6.45) is -4.53. The Balaban J connectivity index is 2.14. The highest BCUT2D eigenvalue weighted by atomic mass is 19.4. The number of rotatable bonds is 6. The highest BCUT2D eigenvalue weighted by molar-refractivity contribution is 5.95. The summed E-state index contributed by atoms with van der Waals surface area (Å²) in [5.41, 5.74) is 3.63. The zero-order chi connectivity index (χ0) is 18.4. The Hall–Kier alpha value is -2.90. The molecule has 0 fully saturated rings. The van der Waals surface area contributed by atoms with Crippen molar-refractivity contribution in [1.29, 1.82) is 0 Å². The molecule has 0 spiro atoms. The maximum Gasteiger partial charge on any atom is 0.418 e. The second-order valence-corrected chi connectivity index (χ2v) is 4.92. The van der Waals surface area contributed by atoms with Gasteiger partial charge in [-0.25, -0.2) is 0 Å². The van der Waals surface area contributed by atoms with Gasteiger partial charge in [0, 0.05) is 5.56 Å². The number of nitrogens with one attached hydrogen (secondary N) is 2. The molecule has 25 heavy (non-hydrogen) atoms. The molecule has 0 radical (unpaired) electrons. The molecule has 8 heteroatoms. The van der Waals surface area contributed by atoms with Crippen LogP contribution >= 0.6 is 0 Å². The standard InChI is InChI=1S/C17H17F3N2O3/c1-3-25-14-9-8-11(10-15(14)24-2)16(23)22-21-13-7-5-4-6-12(13)17(18,19)20/h4-10,21H,3H2,1-2H3,(H,22,23). The number of benzene rings is 2. The van der Waals surface area contributed by atoms with E-state index >= 15 is 0 Å². The number of halogens is 3. The van der Waals surface area contributed by atoms with Crippen molar-refractivity contribution in [2.45, 2.75) is 13.1 Å². The Morgan fingerprint density at radius 2 is 1.84 bits per heavy atom. The molecular formula is C17H17F3N2O3. The minimum atomic E-state index is -4.53. The lowest BCUT2D eigenvalue weighted by Gasteiger charge is -2.15. The smallest absolute Gasteiger partial charge is 0.418 e. The van der Waals surface area contributed by atoms with Crippen LogP contribution in [0, 0.1) is 0 Å². The van der Waals surface area contributed by atoms with Gasteiger partial charge < -0.3 is 9.47 Å². The molecule has 0 bridgehead atoms. The number of alkyl halides is 3. The predicted octanol–water partition coefficient (Wildman–Crippen LogP) is 3.87. The van der Waals surface area contributed by atoms with Gasteiger partial charge in [0.25, 0.3) is 5.91 Å². The van der Waals surface area contributed by atoms with E-state index in [1.807, 2.05) is 6.92 Å². The first-order valence-electron chi connectivity index (χ1n) is 7.40. The van der Waals surface area contributed by atoms with Crippen molar-refractivity contribution in [1.82, 2.24) is 5.43 Å². The summed E-state index contributed by atoms with van der Waals surface area (Å²) >= 11 is 0. The van der Waals surface area contributed by atoms with Gasteiger partial charge in [0.1, 0.15) is 0 Å². The van der Waals surface area contributed by atoms with Crippen LogP contribution in [0.4, 0.5) is 18.9 Å². The van der Waals surface area contributed by atoms with Crippen molar-refractivity contribution < 1.29 is 27.4 Å². The first-order chi connectivity index (χ1) is 11.9. The Morgan fingerprint density at radius 1 is 1.12 bits per heavy atom. The van der Waals surface area contributed by atoms with E-state index in [9.17, 15) is 18.0 Å². The van der Waals surface area contributed by atoms with Gasteiger partial charge in [0.15, 0.2) is 11.5 Å². The molecule has 0 unspecified atom stereocenters. The number of anilines is 1. The molecule has 0 aliphatic heterocycles. The summed E-state index contributed by atoms with van der Waals surface area (Å²) in [6.45, 7) is 2.24. The number of ether oxygens (including phenoxy) is 2. The molecule has 134 valence electrons. The summed E-state index contributed by atoms with van der Waals surface area (Å²) in [5, 5.41) is 0. The molecular weight excluding hydrogens is 337 g/mol. The maximum absolute atomic E-state index is 12.9. The number of para-hydroxylation sites is 1. The van der Waals surface area contributed by atoms with Crippen LogP contribution in [-0.4, -0.2) is 19.6 Å². The average molecular weight is 354 g/mol. The van der Waals surface area contributed by atoms with E-state index < -0.39 is 17.6 Å². The quantitative estimate of drug-likeness (QED) is 0.773.